The highest BCUT2D eigenvalue weighted by atomic mass is 16.6. The van der Waals surface area contributed by atoms with Crippen LogP contribution in [0.5, 0.6) is 0 Å². The van der Waals surface area contributed by atoms with Gasteiger partial charge in [0.15, 0.2) is 0 Å². The number of hydrogen-bond donors (Lipinski definition) is 2. The quantitative estimate of drug-likeness (QED) is 0.408. The van der Waals surface area contributed by atoms with Crippen molar-refractivity contribution in [3.8, 4) is 0 Å². The molecule has 12 nitrogen and oxygen atoms in total. The maximum atomic E-state index is 12.3. The predicted octanol–water partition coefficient (Wildman–Crippen LogP) is 3.06. The topological polar surface area (TPSA) is 156 Å². The van der Waals surface area contributed by atoms with Crippen molar-refractivity contribution in [3.63, 3.8) is 0 Å². The molecule has 0 atom stereocenters. The standard InChI is InChI=1S/C21H19N7O5/c29-18(12-14-7-9-16(10-8-14)27(30)31)24-25-20-19(28(32)33)21(23-13-22-20)26-11-3-5-15-4-1-2-6-17(15)26/h1-2,4,6-10,13H,3,5,11-12H2,(H,24,29)(H,22,23,25). The fourth-order valence-corrected chi connectivity index (χ4v) is 3.67. The number of carbonyl (C=O) groups is 1. The highest BCUT2D eigenvalue weighted by molar-refractivity contribution is 5.82. The Labute approximate surface area is 187 Å². The molecule has 0 saturated heterocycles. The van der Waals surface area contributed by atoms with Crippen molar-refractivity contribution in [3.05, 3.63) is 86.2 Å². The summed E-state index contributed by atoms with van der Waals surface area (Å²) < 4.78 is 0. The van der Waals surface area contributed by atoms with Gasteiger partial charge in [-0.3, -0.25) is 35.9 Å². The summed E-state index contributed by atoms with van der Waals surface area (Å²) in [6.45, 7) is 0.556. The van der Waals surface area contributed by atoms with Gasteiger partial charge in [0, 0.05) is 24.4 Å². The van der Waals surface area contributed by atoms with Crippen molar-refractivity contribution in [2.75, 3.05) is 16.9 Å². The Morgan fingerprint density at radius 1 is 1.03 bits per heavy atom. The molecular formula is C21H19N7O5. The summed E-state index contributed by atoms with van der Waals surface area (Å²) in [7, 11) is 0. The van der Waals surface area contributed by atoms with Crippen LogP contribution < -0.4 is 15.8 Å². The number of anilines is 3. The monoisotopic (exact) mass is 449 g/mol. The minimum atomic E-state index is -0.586. The Balaban J connectivity index is 1.52. The molecule has 0 fully saturated rings. The Hall–Kier alpha value is -4.61. The maximum absolute atomic E-state index is 12.3. The Morgan fingerprint density at radius 3 is 2.52 bits per heavy atom. The van der Waals surface area contributed by atoms with Crippen molar-refractivity contribution >= 4 is 34.6 Å². The summed E-state index contributed by atoms with van der Waals surface area (Å²) in [6, 6.07) is 13.2. The number of benzene rings is 2. The first kappa shape index (κ1) is 21.6. The second-order valence-corrected chi connectivity index (χ2v) is 7.31. The van der Waals surface area contributed by atoms with Gasteiger partial charge in [0.25, 0.3) is 5.69 Å². The Kier molecular flexibility index (Phi) is 6.06. The number of amides is 1. The molecule has 0 bridgehead atoms. The van der Waals surface area contributed by atoms with Crippen LogP contribution in [-0.4, -0.2) is 32.3 Å². The Bertz CT molecular complexity index is 1220. The molecule has 168 valence electrons. The van der Waals surface area contributed by atoms with E-state index in [0.717, 1.165) is 24.1 Å². The van der Waals surface area contributed by atoms with E-state index in [1.54, 1.807) is 4.90 Å². The number of hydrazine groups is 1. The van der Waals surface area contributed by atoms with E-state index in [2.05, 4.69) is 20.8 Å². The third-order valence-corrected chi connectivity index (χ3v) is 5.18. The molecule has 2 heterocycles. The fraction of sp³-hybridized carbons (Fsp3) is 0.190. The Morgan fingerprint density at radius 2 is 1.79 bits per heavy atom. The van der Waals surface area contributed by atoms with E-state index in [0.29, 0.717) is 12.1 Å². The number of carbonyl (C=O) groups excluding carboxylic acids is 1. The van der Waals surface area contributed by atoms with E-state index in [1.807, 2.05) is 24.3 Å². The van der Waals surface area contributed by atoms with Gasteiger partial charge in [-0.05, 0) is 30.0 Å². The van der Waals surface area contributed by atoms with E-state index in [9.17, 15) is 25.0 Å². The van der Waals surface area contributed by atoms with Crippen molar-refractivity contribution < 1.29 is 14.6 Å². The molecule has 1 amide bonds. The van der Waals surface area contributed by atoms with E-state index in [4.69, 9.17) is 0 Å². The fourth-order valence-electron chi connectivity index (χ4n) is 3.67. The van der Waals surface area contributed by atoms with Gasteiger partial charge >= 0.3 is 5.69 Å². The largest absolute Gasteiger partial charge is 0.355 e. The molecule has 1 aromatic heterocycles. The molecule has 0 unspecified atom stereocenters. The van der Waals surface area contributed by atoms with Gasteiger partial charge < -0.3 is 4.90 Å². The first-order chi connectivity index (χ1) is 15.9. The average Bonchev–Trinajstić information content (AvgIpc) is 2.82. The van der Waals surface area contributed by atoms with Crippen LogP contribution in [0.15, 0.2) is 54.9 Å². The van der Waals surface area contributed by atoms with Crippen LogP contribution in [0.25, 0.3) is 0 Å². The second-order valence-electron chi connectivity index (χ2n) is 7.31. The number of hydrogen-bond acceptors (Lipinski definition) is 9. The summed E-state index contributed by atoms with van der Waals surface area (Å²) in [5, 5.41) is 22.6. The van der Waals surface area contributed by atoms with Gasteiger partial charge in [0.1, 0.15) is 6.33 Å². The van der Waals surface area contributed by atoms with Crippen molar-refractivity contribution in [2.45, 2.75) is 19.3 Å². The first-order valence-electron chi connectivity index (χ1n) is 10.1. The summed E-state index contributed by atoms with van der Waals surface area (Å²) >= 11 is 0. The van der Waals surface area contributed by atoms with Crippen LogP contribution in [-0.2, 0) is 17.6 Å². The first-order valence-corrected chi connectivity index (χ1v) is 10.1. The summed E-state index contributed by atoms with van der Waals surface area (Å²) in [5.74, 6) is -0.513. The molecule has 1 aliphatic rings. The SMILES string of the molecule is O=C(Cc1ccc([N+](=O)[O-])cc1)NNc1ncnc(N2CCCc3ccccc32)c1[N+](=O)[O-]. The molecular weight excluding hydrogens is 430 g/mol. The van der Waals surface area contributed by atoms with E-state index < -0.39 is 15.8 Å². The van der Waals surface area contributed by atoms with Crippen molar-refractivity contribution in [1.82, 2.24) is 15.4 Å². The van der Waals surface area contributed by atoms with Crippen LogP contribution in [0.4, 0.5) is 28.7 Å². The molecule has 1 aliphatic heterocycles. The highest BCUT2D eigenvalue weighted by Crippen LogP contribution is 2.39. The van der Waals surface area contributed by atoms with Gasteiger partial charge in [-0.25, -0.2) is 9.97 Å². The van der Waals surface area contributed by atoms with Crippen LogP contribution in [0.1, 0.15) is 17.5 Å². The zero-order valence-corrected chi connectivity index (χ0v) is 17.3. The van der Waals surface area contributed by atoms with Gasteiger partial charge in [-0.1, -0.05) is 30.3 Å². The number of rotatable bonds is 7. The number of aromatic nitrogens is 2. The number of non-ortho nitro benzene ring substituents is 1. The number of nitro benzene ring substituents is 1. The third-order valence-electron chi connectivity index (χ3n) is 5.18. The average molecular weight is 449 g/mol. The zero-order chi connectivity index (χ0) is 23.4. The lowest BCUT2D eigenvalue weighted by Gasteiger charge is -2.30. The molecule has 2 aromatic carbocycles. The molecule has 0 aliphatic carbocycles. The van der Waals surface area contributed by atoms with Crippen LogP contribution in [0.2, 0.25) is 0 Å². The molecule has 0 saturated carbocycles. The number of nitrogens with one attached hydrogen (secondary N) is 2. The molecule has 0 spiro atoms. The summed E-state index contributed by atoms with van der Waals surface area (Å²) in [5.41, 5.74) is 6.94. The van der Waals surface area contributed by atoms with Gasteiger partial charge in [0.05, 0.1) is 16.3 Å². The van der Waals surface area contributed by atoms with Crippen LogP contribution in [0.3, 0.4) is 0 Å². The van der Waals surface area contributed by atoms with Gasteiger partial charge in [0.2, 0.25) is 17.5 Å². The minimum Gasteiger partial charge on any atom is -0.320 e. The number of para-hydroxylation sites is 1. The van der Waals surface area contributed by atoms with Gasteiger partial charge in [-0.2, -0.15) is 0 Å². The molecule has 12 heteroatoms. The predicted molar refractivity (Wildman–Crippen MR) is 119 cm³/mol. The molecule has 0 radical (unpaired) electrons. The van der Waals surface area contributed by atoms with E-state index >= 15 is 0 Å². The second kappa shape index (κ2) is 9.26. The smallest absolute Gasteiger partial charge is 0.320 e. The lowest BCUT2D eigenvalue weighted by atomic mass is 10.0. The van der Waals surface area contributed by atoms with Crippen molar-refractivity contribution in [1.29, 1.82) is 0 Å². The molecule has 4 rings (SSSR count). The minimum absolute atomic E-state index is 0.0827. The molecule has 2 N–H and O–H groups in total. The van der Waals surface area contributed by atoms with Gasteiger partial charge in [-0.15, -0.1) is 0 Å². The lowest BCUT2D eigenvalue weighted by Crippen LogP contribution is -2.32. The third kappa shape index (κ3) is 4.69. The summed E-state index contributed by atoms with van der Waals surface area (Å²) in [6.07, 6.45) is 2.79. The summed E-state index contributed by atoms with van der Waals surface area (Å²) in [4.78, 5) is 43.7. The normalized spacial score (nSPS) is 12.5. The van der Waals surface area contributed by atoms with E-state index in [1.165, 1.54) is 30.6 Å². The molecule has 33 heavy (non-hydrogen) atoms. The van der Waals surface area contributed by atoms with Crippen molar-refractivity contribution in [2.24, 2.45) is 0 Å². The van der Waals surface area contributed by atoms with E-state index in [-0.39, 0.29) is 29.4 Å². The zero-order valence-electron chi connectivity index (χ0n) is 17.3. The highest BCUT2D eigenvalue weighted by Gasteiger charge is 2.30. The maximum Gasteiger partial charge on any atom is 0.355 e. The van der Waals surface area contributed by atoms with Crippen LogP contribution >= 0.6 is 0 Å². The number of nitro groups is 2. The van der Waals surface area contributed by atoms with Crippen LogP contribution in [0, 0.1) is 20.2 Å². The number of nitrogens with zero attached hydrogens (tertiary/aromatic N) is 5. The lowest BCUT2D eigenvalue weighted by molar-refractivity contribution is -0.384. The number of aryl methyl sites for hydroxylation is 1. The number of fused-ring (bicyclic) bond motifs is 1. The molecule has 3 aromatic rings.